The first-order chi connectivity index (χ1) is 9.52. The van der Waals surface area contributed by atoms with Crippen LogP contribution in [0, 0.1) is 0 Å². The maximum absolute atomic E-state index is 12.1. The van der Waals surface area contributed by atoms with E-state index in [0.717, 1.165) is 23.5 Å². The van der Waals surface area contributed by atoms with E-state index in [9.17, 15) is 4.79 Å². The third kappa shape index (κ3) is 2.65. The second kappa shape index (κ2) is 6.06. The maximum atomic E-state index is 12.1. The number of thioether (sulfide) groups is 1. The van der Waals surface area contributed by atoms with E-state index in [4.69, 9.17) is 5.73 Å². The van der Waals surface area contributed by atoms with Crippen LogP contribution in [-0.4, -0.2) is 30.3 Å². The van der Waals surface area contributed by atoms with Gasteiger partial charge in [-0.15, -0.1) is 11.8 Å². The summed E-state index contributed by atoms with van der Waals surface area (Å²) in [6.45, 7) is 8.04. The Morgan fingerprint density at radius 3 is 2.85 bits per heavy atom. The minimum absolute atomic E-state index is 0.0697. The fourth-order valence-electron chi connectivity index (χ4n) is 2.62. The molecule has 1 aromatic carbocycles. The normalized spacial score (nSPS) is 18.0. The van der Waals surface area contributed by atoms with E-state index in [2.05, 4.69) is 35.3 Å². The van der Waals surface area contributed by atoms with Gasteiger partial charge in [-0.2, -0.15) is 0 Å². The van der Waals surface area contributed by atoms with Crippen LogP contribution in [0.1, 0.15) is 26.3 Å². The zero-order chi connectivity index (χ0) is 14.8. The standard InChI is InChI=1S/C15H23N3OS/c1-4-20-13-7-5-6-12(11(13)10-16)18-9-8-17-14(19)15(18,2)3/h5-7H,4,8-10,16H2,1-3H3,(H,17,19). The molecule has 0 bridgehead atoms. The van der Waals surface area contributed by atoms with Crippen molar-refractivity contribution in [1.29, 1.82) is 0 Å². The molecule has 1 aliphatic rings. The molecule has 1 aliphatic heterocycles. The quantitative estimate of drug-likeness (QED) is 0.833. The molecular weight excluding hydrogens is 270 g/mol. The van der Waals surface area contributed by atoms with Crippen LogP contribution in [0.5, 0.6) is 0 Å². The average Bonchev–Trinajstić information content (AvgIpc) is 2.42. The van der Waals surface area contributed by atoms with E-state index in [1.54, 1.807) is 11.8 Å². The first-order valence-electron chi connectivity index (χ1n) is 7.03. The molecule has 3 N–H and O–H groups in total. The number of rotatable bonds is 4. The summed E-state index contributed by atoms with van der Waals surface area (Å²) in [5.74, 6) is 1.08. The molecule has 20 heavy (non-hydrogen) atoms. The molecule has 0 aromatic heterocycles. The molecular formula is C15H23N3OS. The maximum Gasteiger partial charge on any atom is 0.245 e. The zero-order valence-corrected chi connectivity index (χ0v) is 13.2. The topological polar surface area (TPSA) is 58.4 Å². The van der Waals surface area contributed by atoms with E-state index in [0.29, 0.717) is 13.1 Å². The second-order valence-corrected chi connectivity index (χ2v) is 6.66. The second-order valence-electron chi connectivity index (χ2n) is 5.36. The number of anilines is 1. The van der Waals surface area contributed by atoms with Gasteiger partial charge in [0.25, 0.3) is 0 Å². The summed E-state index contributed by atoms with van der Waals surface area (Å²) in [6, 6.07) is 6.23. The molecule has 0 unspecified atom stereocenters. The molecule has 0 aliphatic carbocycles. The lowest BCUT2D eigenvalue weighted by molar-refractivity contribution is -0.126. The number of piperazine rings is 1. The lowest BCUT2D eigenvalue weighted by atomic mass is 9.96. The van der Waals surface area contributed by atoms with Crippen LogP contribution in [0.2, 0.25) is 0 Å². The largest absolute Gasteiger partial charge is 0.355 e. The van der Waals surface area contributed by atoms with Gasteiger partial charge in [-0.3, -0.25) is 4.79 Å². The Labute approximate surface area is 125 Å². The van der Waals surface area contributed by atoms with Crippen LogP contribution >= 0.6 is 11.8 Å². The van der Waals surface area contributed by atoms with Crippen molar-refractivity contribution in [2.45, 2.75) is 37.8 Å². The number of nitrogens with two attached hydrogens (primary N) is 1. The molecule has 1 aromatic rings. The molecule has 2 rings (SSSR count). The Hall–Kier alpha value is -1.20. The highest BCUT2D eigenvalue weighted by Crippen LogP contribution is 2.34. The molecule has 1 fully saturated rings. The van der Waals surface area contributed by atoms with Gasteiger partial charge in [-0.05, 0) is 31.7 Å². The summed E-state index contributed by atoms with van der Waals surface area (Å²) in [5, 5.41) is 2.93. The van der Waals surface area contributed by atoms with E-state index >= 15 is 0 Å². The molecule has 1 amide bonds. The molecule has 0 spiro atoms. The molecule has 5 heteroatoms. The summed E-state index contributed by atoms with van der Waals surface area (Å²) in [4.78, 5) is 15.5. The number of amides is 1. The van der Waals surface area contributed by atoms with Gasteiger partial charge in [-0.1, -0.05) is 13.0 Å². The van der Waals surface area contributed by atoms with Crippen molar-refractivity contribution in [2.24, 2.45) is 5.73 Å². The van der Waals surface area contributed by atoms with Crippen molar-refractivity contribution < 1.29 is 4.79 Å². The number of carbonyl (C=O) groups is 1. The fourth-order valence-corrected chi connectivity index (χ4v) is 3.47. The van der Waals surface area contributed by atoms with Gasteiger partial charge in [-0.25, -0.2) is 0 Å². The molecule has 110 valence electrons. The number of hydrogen-bond donors (Lipinski definition) is 2. The number of carbonyl (C=O) groups excluding carboxylic acids is 1. The van der Waals surface area contributed by atoms with Crippen LogP contribution in [0.15, 0.2) is 23.1 Å². The molecule has 4 nitrogen and oxygen atoms in total. The van der Waals surface area contributed by atoms with Gasteiger partial charge < -0.3 is 16.0 Å². The highest BCUT2D eigenvalue weighted by molar-refractivity contribution is 7.99. The lowest BCUT2D eigenvalue weighted by Crippen LogP contribution is -2.62. The van der Waals surface area contributed by atoms with Crippen LogP contribution in [-0.2, 0) is 11.3 Å². The van der Waals surface area contributed by atoms with Crippen molar-refractivity contribution in [3.63, 3.8) is 0 Å². The Kier molecular flexibility index (Phi) is 4.60. The number of nitrogens with zero attached hydrogens (tertiary/aromatic N) is 1. The van der Waals surface area contributed by atoms with Crippen molar-refractivity contribution in [3.05, 3.63) is 23.8 Å². The SMILES string of the molecule is CCSc1cccc(N2CCNC(=O)C2(C)C)c1CN. The Morgan fingerprint density at radius 2 is 2.20 bits per heavy atom. The number of hydrogen-bond acceptors (Lipinski definition) is 4. The fraction of sp³-hybridized carbons (Fsp3) is 0.533. The van der Waals surface area contributed by atoms with E-state index in [1.165, 1.54) is 4.90 Å². The average molecular weight is 293 g/mol. The summed E-state index contributed by atoms with van der Waals surface area (Å²) < 4.78 is 0. The van der Waals surface area contributed by atoms with Crippen LogP contribution in [0.4, 0.5) is 5.69 Å². The Balaban J connectivity index is 2.46. The van der Waals surface area contributed by atoms with E-state index < -0.39 is 5.54 Å². The van der Waals surface area contributed by atoms with Crippen molar-refractivity contribution in [2.75, 3.05) is 23.7 Å². The summed E-state index contributed by atoms with van der Waals surface area (Å²) in [7, 11) is 0. The van der Waals surface area contributed by atoms with E-state index in [-0.39, 0.29) is 5.91 Å². The summed E-state index contributed by atoms with van der Waals surface area (Å²) in [6.07, 6.45) is 0. The monoisotopic (exact) mass is 293 g/mol. The molecule has 1 saturated heterocycles. The summed E-state index contributed by atoms with van der Waals surface area (Å²) >= 11 is 1.80. The first-order valence-corrected chi connectivity index (χ1v) is 8.01. The summed E-state index contributed by atoms with van der Waals surface area (Å²) in [5.41, 5.74) is 7.66. The number of benzene rings is 1. The van der Waals surface area contributed by atoms with Crippen molar-refractivity contribution in [1.82, 2.24) is 5.32 Å². The molecule has 1 heterocycles. The van der Waals surface area contributed by atoms with Crippen LogP contribution in [0.3, 0.4) is 0 Å². The zero-order valence-electron chi connectivity index (χ0n) is 12.4. The Morgan fingerprint density at radius 1 is 1.45 bits per heavy atom. The van der Waals surface area contributed by atoms with Gasteiger partial charge in [0.1, 0.15) is 5.54 Å². The smallest absolute Gasteiger partial charge is 0.245 e. The van der Waals surface area contributed by atoms with Gasteiger partial charge in [0.05, 0.1) is 0 Å². The molecule has 0 atom stereocenters. The Bertz CT molecular complexity index is 502. The number of nitrogens with one attached hydrogen (secondary N) is 1. The van der Waals surface area contributed by atoms with Crippen molar-refractivity contribution >= 4 is 23.4 Å². The predicted molar refractivity (Wildman–Crippen MR) is 85.2 cm³/mol. The van der Waals surface area contributed by atoms with Gasteiger partial charge in [0.2, 0.25) is 5.91 Å². The van der Waals surface area contributed by atoms with E-state index in [1.807, 2.05) is 13.8 Å². The van der Waals surface area contributed by atoms with Gasteiger partial charge in [0.15, 0.2) is 0 Å². The third-order valence-electron chi connectivity index (χ3n) is 3.75. The van der Waals surface area contributed by atoms with Gasteiger partial charge in [0, 0.05) is 35.8 Å². The first kappa shape index (κ1) is 15.2. The minimum Gasteiger partial charge on any atom is -0.355 e. The van der Waals surface area contributed by atoms with Crippen LogP contribution in [0.25, 0.3) is 0 Å². The predicted octanol–water partition coefficient (Wildman–Crippen LogP) is 1.97. The highest BCUT2D eigenvalue weighted by atomic mass is 32.2. The molecule has 0 saturated carbocycles. The van der Waals surface area contributed by atoms with Crippen molar-refractivity contribution in [3.8, 4) is 0 Å². The minimum atomic E-state index is -0.544. The van der Waals surface area contributed by atoms with Crippen LogP contribution < -0.4 is 16.0 Å². The van der Waals surface area contributed by atoms with Gasteiger partial charge >= 0.3 is 0 Å². The molecule has 0 radical (unpaired) electrons. The lowest BCUT2D eigenvalue weighted by Gasteiger charge is -2.43. The third-order valence-corrected chi connectivity index (χ3v) is 4.74. The highest BCUT2D eigenvalue weighted by Gasteiger charge is 2.38.